The van der Waals surface area contributed by atoms with E-state index < -0.39 is 0 Å². The van der Waals surface area contributed by atoms with Crippen LogP contribution in [0, 0.1) is 0 Å². The molecule has 49 heavy (non-hydrogen) atoms. The summed E-state index contributed by atoms with van der Waals surface area (Å²) < 4.78 is 7.51. The van der Waals surface area contributed by atoms with Gasteiger partial charge in [-0.2, -0.15) is 0 Å². The van der Waals surface area contributed by atoms with Crippen LogP contribution in [0.4, 0.5) is 5.69 Å². The Morgan fingerprint density at radius 2 is 1.61 bits per heavy atom. The number of piperidine rings is 3. The molecule has 3 saturated heterocycles. The van der Waals surface area contributed by atoms with Crippen molar-refractivity contribution in [3.05, 3.63) is 93.4 Å². The van der Waals surface area contributed by atoms with Crippen molar-refractivity contribution in [1.82, 2.24) is 19.7 Å². The zero-order valence-corrected chi connectivity index (χ0v) is 29.0. The first kappa shape index (κ1) is 33.3. The van der Waals surface area contributed by atoms with Crippen LogP contribution < -0.4 is 20.9 Å². The summed E-state index contributed by atoms with van der Waals surface area (Å²) in [5.74, 6) is 0.864. The number of benzene rings is 3. The maximum absolute atomic E-state index is 12.7. The number of carbonyl (C=O) groups is 2. The highest BCUT2D eigenvalue weighted by molar-refractivity contribution is 6.32. The Morgan fingerprint density at radius 3 is 2.31 bits per heavy atom. The molecular weight excluding hydrogens is 638 g/mol. The summed E-state index contributed by atoms with van der Waals surface area (Å²) in [5, 5.41) is 7.95. The first-order valence-corrected chi connectivity index (χ1v) is 17.8. The largest absolute Gasteiger partial charge is 0.496 e. The molecule has 2 N–H and O–H groups in total. The molecule has 7 rings (SSSR count). The Hall–Kier alpha value is -4.18. The molecule has 9 nitrogen and oxygen atoms in total. The summed E-state index contributed by atoms with van der Waals surface area (Å²) in [4.78, 5) is 41.5. The lowest BCUT2D eigenvalue weighted by atomic mass is 9.88. The standard InChI is InChI=1S/C39H44ClN5O4/c1-43-23-32(30-5-3-4-6-31(30)39(43)48)27-21-34(40)33(36(22-27)49-2)24-44-17-15-29(16-18-44)45-19-13-26(14-20-45)25-7-9-28(10-8-25)41-35-11-12-37(46)42-38(35)47/h3-10,21-23,26,29,35,41H,11-20,24H2,1-2H3,(H,42,46,47). The summed E-state index contributed by atoms with van der Waals surface area (Å²) in [6.07, 6.45) is 7.32. The van der Waals surface area contributed by atoms with Crippen LogP contribution in [0.5, 0.6) is 5.75 Å². The molecule has 1 aromatic heterocycles. The minimum atomic E-state index is -0.364. The van der Waals surface area contributed by atoms with Crippen molar-refractivity contribution in [2.75, 3.05) is 38.6 Å². The zero-order valence-electron chi connectivity index (χ0n) is 28.2. The number of carbonyl (C=O) groups excluding carboxylic acids is 2. The van der Waals surface area contributed by atoms with Crippen molar-refractivity contribution in [2.24, 2.45) is 7.05 Å². The molecule has 3 fully saturated rings. The van der Waals surface area contributed by atoms with E-state index in [0.29, 0.717) is 35.2 Å². The fourth-order valence-corrected chi connectivity index (χ4v) is 8.17. The zero-order chi connectivity index (χ0) is 34.1. The Balaban J connectivity index is 0.930. The third-order valence-electron chi connectivity index (χ3n) is 10.7. The summed E-state index contributed by atoms with van der Waals surface area (Å²) in [6.45, 7) is 4.97. The average molecular weight is 682 g/mol. The predicted molar refractivity (Wildman–Crippen MR) is 194 cm³/mol. The van der Waals surface area contributed by atoms with Crippen LogP contribution in [-0.2, 0) is 23.2 Å². The Labute approximate surface area is 292 Å². The van der Waals surface area contributed by atoms with Gasteiger partial charge < -0.3 is 19.5 Å². The molecule has 3 aliphatic heterocycles. The molecule has 0 saturated carbocycles. The predicted octanol–water partition coefficient (Wildman–Crippen LogP) is 5.93. The van der Waals surface area contributed by atoms with Crippen LogP contribution in [0.3, 0.4) is 0 Å². The maximum atomic E-state index is 12.7. The Morgan fingerprint density at radius 1 is 0.898 bits per heavy atom. The van der Waals surface area contributed by atoms with Crippen molar-refractivity contribution in [3.63, 3.8) is 0 Å². The number of anilines is 1. The number of rotatable bonds is 8. The first-order chi connectivity index (χ1) is 23.8. The number of halogens is 1. The molecular formula is C39H44ClN5O4. The second kappa shape index (κ2) is 14.4. The van der Waals surface area contributed by atoms with Gasteiger partial charge in [0.1, 0.15) is 11.8 Å². The van der Waals surface area contributed by atoms with Gasteiger partial charge in [0, 0.05) is 59.5 Å². The third kappa shape index (κ3) is 7.11. The Kier molecular flexibility index (Phi) is 9.76. The molecule has 0 spiro atoms. The number of imide groups is 1. The number of ether oxygens (including phenoxy) is 1. The summed E-state index contributed by atoms with van der Waals surface area (Å²) in [7, 11) is 3.48. The van der Waals surface area contributed by atoms with Crippen LogP contribution in [0.25, 0.3) is 21.9 Å². The molecule has 1 unspecified atom stereocenters. The number of nitrogens with one attached hydrogen (secondary N) is 2. The highest BCUT2D eigenvalue weighted by atomic mass is 35.5. The van der Waals surface area contributed by atoms with Gasteiger partial charge in [0.05, 0.1) is 7.11 Å². The number of aryl methyl sites for hydroxylation is 1. The van der Waals surface area contributed by atoms with Crippen molar-refractivity contribution < 1.29 is 14.3 Å². The monoisotopic (exact) mass is 681 g/mol. The lowest BCUT2D eigenvalue weighted by Crippen LogP contribution is -2.47. The van der Waals surface area contributed by atoms with E-state index in [2.05, 4.69) is 44.7 Å². The van der Waals surface area contributed by atoms with E-state index in [1.165, 1.54) is 5.56 Å². The first-order valence-electron chi connectivity index (χ1n) is 17.4. The van der Waals surface area contributed by atoms with E-state index in [1.54, 1.807) is 18.7 Å². The molecule has 10 heteroatoms. The number of methoxy groups -OCH3 is 1. The topological polar surface area (TPSA) is 95.9 Å². The number of amides is 2. The van der Waals surface area contributed by atoms with E-state index in [1.807, 2.05) is 42.6 Å². The number of pyridine rings is 1. The van der Waals surface area contributed by atoms with Gasteiger partial charge in [0.2, 0.25) is 11.8 Å². The van der Waals surface area contributed by atoms with E-state index in [-0.39, 0.29) is 23.4 Å². The summed E-state index contributed by atoms with van der Waals surface area (Å²) in [5.41, 5.74) is 5.13. The smallest absolute Gasteiger partial charge is 0.258 e. The van der Waals surface area contributed by atoms with Crippen LogP contribution in [0.1, 0.15) is 55.6 Å². The summed E-state index contributed by atoms with van der Waals surface area (Å²) in [6, 6.07) is 20.5. The van der Waals surface area contributed by atoms with Gasteiger partial charge in [-0.05, 0) is 111 Å². The fraction of sp³-hybridized carbons (Fsp3) is 0.410. The van der Waals surface area contributed by atoms with Crippen molar-refractivity contribution >= 4 is 39.9 Å². The number of fused-ring (bicyclic) bond motifs is 1. The molecule has 256 valence electrons. The lowest BCUT2D eigenvalue weighted by Gasteiger charge is -2.42. The quantitative estimate of drug-likeness (QED) is 0.223. The van der Waals surface area contributed by atoms with Gasteiger partial charge in [0.15, 0.2) is 0 Å². The number of hydrogen-bond donors (Lipinski definition) is 2. The van der Waals surface area contributed by atoms with Crippen LogP contribution in [0.2, 0.25) is 5.02 Å². The average Bonchev–Trinajstić information content (AvgIpc) is 3.12. The minimum Gasteiger partial charge on any atom is -0.496 e. The van der Waals surface area contributed by atoms with E-state index >= 15 is 0 Å². The van der Waals surface area contributed by atoms with E-state index in [9.17, 15) is 14.4 Å². The molecule has 0 bridgehead atoms. The number of aromatic nitrogens is 1. The van der Waals surface area contributed by atoms with Crippen LogP contribution >= 0.6 is 11.6 Å². The molecule has 0 aliphatic carbocycles. The fourth-order valence-electron chi connectivity index (χ4n) is 7.90. The molecule has 1 atom stereocenters. The van der Waals surface area contributed by atoms with Crippen molar-refractivity contribution in [2.45, 2.75) is 63.1 Å². The van der Waals surface area contributed by atoms with Gasteiger partial charge >= 0.3 is 0 Å². The van der Waals surface area contributed by atoms with Crippen molar-refractivity contribution in [1.29, 1.82) is 0 Å². The van der Waals surface area contributed by atoms with Gasteiger partial charge in [-0.25, -0.2) is 0 Å². The molecule has 3 aromatic carbocycles. The molecule has 0 radical (unpaired) electrons. The second-order valence-electron chi connectivity index (χ2n) is 13.7. The summed E-state index contributed by atoms with van der Waals surface area (Å²) >= 11 is 6.97. The number of nitrogens with zero attached hydrogens (tertiary/aromatic N) is 3. The van der Waals surface area contributed by atoms with Crippen LogP contribution in [-0.4, -0.2) is 71.6 Å². The third-order valence-corrected chi connectivity index (χ3v) is 11.1. The second-order valence-corrected chi connectivity index (χ2v) is 14.1. The molecule has 2 amide bonds. The highest BCUT2D eigenvalue weighted by Crippen LogP contribution is 2.37. The number of hydrogen-bond acceptors (Lipinski definition) is 7. The molecule has 3 aliphatic rings. The van der Waals surface area contributed by atoms with Crippen molar-refractivity contribution in [3.8, 4) is 16.9 Å². The highest BCUT2D eigenvalue weighted by Gasteiger charge is 2.30. The van der Waals surface area contributed by atoms with Gasteiger partial charge in [-0.15, -0.1) is 0 Å². The van der Waals surface area contributed by atoms with Crippen LogP contribution in [0.15, 0.2) is 71.7 Å². The minimum absolute atomic E-state index is 0.0188. The van der Waals surface area contributed by atoms with E-state index in [0.717, 1.165) is 91.9 Å². The van der Waals surface area contributed by atoms with Gasteiger partial charge in [-0.1, -0.05) is 41.9 Å². The Bertz CT molecular complexity index is 1910. The molecule has 4 heterocycles. The SMILES string of the molecule is COc1cc(-c2cn(C)c(=O)c3ccccc23)cc(Cl)c1CN1CCC(N2CCC(c3ccc(NC4CCC(=O)NC4=O)cc3)CC2)CC1. The lowest BCUT2D eigenvalue weighted by molar-refractivity contribution is -0.133. The normalized spacial score (nSPS) is 20.0. The number of likely N-dealkylation sites (tertiary alicyclic amines) is 2. The van der Waals surface area contributed by atoms with E-state index in [4.69, 9.17) is 16.3 Å². The van der Waals surface area contributed by atoms with Gasteiger partial charge in [0.25, 0.3) is 5.56 Å². The maximum Gasteiger partial charge on any atom is 0.258 e. The van der Waals surface area contributed by atoms with Gasteiger partial charge in [-0.3, -0.25) is 24.6 Å². The molecule has 4 aromatic rings.